The molecule has 0 saturated heterocycles. The van der Waals surface area contributed by atoms with Crippen LogP contribution in [-0.2, 0) is 11.2 Å². The molecule has 0 atom stereocenters. The number of benzene rings is 3. The summed E-state index contributed by atoms with van der Waals surface area (Å²) in [4.78, 5) is 24.2. The molecule has 1 N–H and O–H groups in total. The van der Waals surface area contributed by atoms with Gasteiger partial charge in [-0.1, -0.05) is 72.4 Å². The maximum atomic E-state index is 12.9. The van der Waals surface area contributed by atoms with Crippen LogP contribution in [-0.4, -0.2) is 45.9 Å². The van der Waals surface area contributed by atoms with Crippen molar-refractivity contribution in [2.45, 2.75) is 18.5 Å². The summed E-state index contributed by atoms with van der Waals surface area (Å²) in [5.74, 6) is 1.52. The Labute approximate surface area is 208 Å². The van der Waals surface area contributed by atoms with E-state index >= 15 is 0 Å². The summed E-state index contributed by atoms with van der Waals surface area (Å²) >= 11 is 1.33. The van der Waals surface area contributed by atoms with Crippen molar-refractivity contribution in [1.29, 1.82) is 0 Å². The van der Waals surface area contributed by atoms with Crippen molar-refractivity contribution in [2.75, 3.05) is 19.4 Å². The van der Waals surface area contributed by atoms with Crippen LogP contribution < -0.4 is 10.1 Å². The highest BCUT2D eigenvalue weighted by Crippen LogP contribution is 2.26. The molecule has 0 aliphatic heterocycles. The number of nitrogens with one attached hydrogen (secondary N) is 1. The molecule has 0 saturated carbocycles. The molecule has 4 rings (SSSR count). The van der Waals surface area contributed by atoms with Gasteiger partial charge in [-0.2, -0.15) is 0 Å². The Morgan fingerprint density at radius 1 is 0.943 bits per heavy atom. The Balaban J connectivity index is 1.51. The largest absolute Gasteiger partial charge is 0.497 e. The number of rotatable bonds is 10. The number of thioether (sulfide) groups is 1. The Bertz CT molecular complexity index is 1300. The smallest absolute Gasteiger partial charge is 0.216 e. The minimum absolute atomic E-state index is 0.00889. The number of Topliss-reactive ketones (excluding diaryl/α,β-unsaturated/α-hetero) is 1. The predicted molar refractivity (Wildman–Crippen MR) is 137 cm³/mol. The van der Waals surface area contributed by atoms with Gasteiger partial charge in [0, 0.05) is 31.5 Å². The van der Waals surface area contributed by atoms with Crippen LogP contribution in [0.3, 0.4) is 0 Å². The number of nitrogens with zero attached hydrogens (tertiary/aromatic N) is 3. The number of amides is 1. The minimum atomic E-state index is -0.101. The van der Waals surface area contributed by atoms with Crippen LogP contribution in [0.15, 0.2) is 84.0 Å². The predicted octanol–water partition coefficient (Wildman–Crippen LogP) is 4.60. The number of methoxy groups -OCH3 is 1. The number of ketones is 1. The number of carbonyl (C=O) groups excluding carboxylic acids is 2. The van der Waals surface area contributed by atoms with Gasteiger partial charge in [0.1, 0.15) is 11.6 Å². The van der Waals surface area contributed by atoms with Crippen molar-refractivity contribution >= 4 is 23.5 Å². The summed E-state index contributed by atoms with van der Waals surface area (Å²) in [6.45, 7) is 1.92. The van der Waals surface area contributed by atoms with E-state index in [1.165, 1.54) is 18.7 Å². The van der Waals surface area contributed by atoms with Crippen LogP contribution in [0.4, 0.5) is 0 Å². The normalized spacial score (nSPS) is 10.7. The molecule has 1 aromatic heterocycles. The van der Waals surface area contributed by atoms with Gasteiger partial charge in [0.15, 0.2) is 10.9 Å². The Kier molecular flexibility index (Phi) is 7.95. The fraction of sp³-hybridized carbons (Fsp3) is 0.185. The lowest BCUT2D eigenvalue weighted by atomic mass is 10.0. The topological polar surface area (TPSA) is 86.1 Å². The molecule has 0 fully saturated rings. The molecule has 0 aliphatic carbocycles. The summed E-state index contributed by atoms with van der Waals surface area (Å²) in [5, 5.41) is 12.1. The average molecular weight is 487 g/mol. The molecule has 35 heavy (non-hydrogen) atoms. The molecule has 0 radical (unpaired) electrons. The molecule has 178 valence electrons. The first-order valence-electron chi connectivity index (χ1n) is 11.2. The number of carbonyl (C=O) groups is 2. The standard InChI is InChI=1S/C27H26N4O3S/c1-19(32)28-16-15-26-29-30-27(31(26)23-9-6-10-24(17-23)34-2)35-18-25(33)22-13-11-21(12-14-22)20-7-4-3-5-8-20/h3-14,17H,15-16,18H2,1-2H3,(H,28,32). The second-order valence-electron chi connectivity index (χ2n) is 7.82. The van der Waals surface area contributed by atoms with Crippen molar-refractivity contribution in [3.8, 4) is 22.6 Å². The van der Waals surface area contributed by atoms with E-state index in [9.17, 15) is 9.59 Å². The van der Waals surface area contributed by atoms with E-state index in [2.05, 4.69) is 15.5 Å². The van der Waals surface area contributed by atoms with E-state index in [1.54, 1.807) is 7.11 Å². The number of ether oxygens (including phenoxy) is 1. The van der Waals surface area contributed by atoms with Crippen LogP contribution in [0.5, 0.6) is 5.75 Å². The molecular weight excluding hydrogens is 460 g/mol. The highest BCUT2D eigenvalue weighted by Gasteiger charge is 2.17. The van der Waals surface area contributed by atoms with E-state index < -0.39 is 0 Å². The minimum Gasteiger partial charge on any atom is -0.497 e. The molecule has 8 heteroatoms. The van der Waals surface area contributed by atoms with Gasteiger partial charge < -0.3 is 10.1 Å². The van der Waals surface area contributed by atoms with Gasteiger partial charge in [-0.05, 0) is 23.3 Å². The van der Waals surface area contributed by atoms with Crippen LogP contribution in [0.25, 0.3) is 16.8 Å². The molecule has 0 aliphatic rings. The maximum absolute atomic E-state index is 12.9. The molecule has 0 unspecified atom stereocenters. The Morgan fingerprint density at radius 2 is 1.69 bits per heavy atom. The van der Waals surface area contributed by atoms with Gasteiger partial charge in [-0.25, -0.2) is 0 Å². The zero-order valence-corrected chi connectivity index (χ0v) is 20.4. The molecule has 4 aromatic rings. The summed E-state index contributed by atoms with van der Waals surface area (Å²) in [7, 11) is 1.61. The molecular formula is C27H26N4O3S. The molecule has 1 heterocycles. The zero-order valence-electron chi connectivity index (χ0n) is 19.6. The third-order valence-corrected chi connectivity index (χ3v) is 6.31. The van der Waals surface area contributed by atoms with Crippen LogP contribution >= 0.6 is 11.8 Å². The van der Waals surface area contributed by atoms with Crippen molar-refractivity contribution in [3.63, 3.8) is 0 Å². The number of aromatic nitrogens is 3. The summed E-state index contributed by atoms with van der Waals surface area (Å²) in [5.41, 5.74) is 3.65. The molecule has 0 spiro atoms. The van der Waals surface area contributed by atoms with E-state index in [4.69, 9.17) is 4.74 Å². The first-order valence-corrected chi connectivity index (χ1v) is 12.2. The zero-order chi connectivity index (χ0) is 24.6. The van der Waals surface area contributed by atoms with Crippen LogP contribution in [0.2, 0.25) is 0 Å². The fourth-order valence-corrected chi connectivity index (χ4v) is 4.47. The van der Waals surface area contributed by atoms with Crippen molar-refractivity contribution in [2.24, 2.45) is 0 Å². The van der Waals surface area contributed by atoms with Gasteiger partial charge in [0.2, 0.25) is 5.91 Å². The lowest BCUT2D eigenvalue weighted by Gasteiger charge is -2.11. The number of hydrogen-bond donors (Lipinski definition) is 1. The molecule has 0 bridgehead atoms. The first kappa shape index (κ1) is 24.2. The third-order valence-electron chi connectivity index (χ3n) is 5.38. The molecule has 1 amide bonds. The monoisotopic (exact) mass is 486 g/mol. The SMILES string of the molecule is COc1cccc(-n2c(CCNC(C)=O)nnc2SCC(=O)c2ccc(-c3ccccc3)cc2)c1. The lowest BCUT2D eigenvalue weighted by Crippen LogP contribution is -2.23. The summed E-state index contributed by atoms with van der Waals surface area (Å²) in [6, 6.07) is 25.3. The fourth-order valence-electron chi connectivity index (χ4n) is 3.61. The second-order valence-corrected chi connectivity index (χ2v) is 8.77. The highest BCUT2D eigenvalue weighted by molar-refractivity contribution is 7.99. The molecule has 7 nitrogen and oxygen atoms in total. The average Bonchev–Trinajstić information content (AvgIpc) is 3.30. The van der Waals surface area contributed by atoms with Crippen molar-refractivity contribution in [3.05, 3.63) is 90.3 Å². The maximum Gasteiger partial charge on any atom is 0.216 e. The summed E-state index contributed by atoms with van der Waals surface area (Å²) in [6.07, 6.45) is 0.499. The van der Waals surface area contributed by atoms with E-state index in [0.717, 1.165) is 16.8 Å². The quantitative estimate of drug-likeness (QED) is 0.261. The van der Waals surface area contributed by atoms with Crippen LogP contribution in [0, 0.1) is 0 Å². The van der Waals surface area contributed by atoms with Gasteiger partial charge in [0.05, 0.1) is 18.6 Å². The lowest BCUT2D eigenvalue weighted by molar-refractivity contribution is -0.118. The van der Waals surface area contributed by atoms with E-state index in [1.807, 2.05) is 83.4 Å². The van der Waals surface area contributed by atoms with E-state index in [0.29, 0.717) is 35.3 Å². The van der Waals surface area contributed by atoms with Crippen LogP contribution in [0.1, 0.15) is 23.1 Å². The van der Waals surface area contributed by atoms with Gasteiger partial charge in [-0.15, -0.1) is 10.2 Å². The van der Waals surface area contributed by atoms with Gasteiger partial charge in [0.25, 0.3) is 0 Å². The van der Waals surface area contributed by atoms with Gasteiger partial charge >= 0.3 is 0 Å². The first-order chi connectivity index (χ1) is 17.0. The van der Waals surface area contributed by atoms with Crippen molar-refractivity contribution < 1.29 is 14.3 Å². The highest BCUT2D eigenvalue weighted by atomic mass is 32.2. The van der Waals surface area contributed by atoms with E-state index in [-0.39, 0.29) is 17.4 Å². The van der Waals surface area contributed by atoms with Crippen molar-refractivity contribution in [1.82, 2.24) is 20.1 Å². The second kappa shape index (κ2) is 11.5. The summed E-state index contributed by atoms with van der Waals surface area (Å²) < 4.78 is 7.27. The third kappa shape index (κ3) is 6.16. The molecule has 3 aromatic carbocycles. The Morgan fingerprint density at radius 3 is 2.40 bits per heavy atom. The Hall–Kier alpha value is -3.91. The van der Waals surface area contributed by atoms with Gasteiger partial charge in [-0.3, -0.25) is 14.2 Å². The number of hydrogen-bond acceptors (Lipinski definition) is 6.